The van der Waals surface area contributed by atoms with Gasteiger partial charge in [-0.1, -0.05) is 0 Å². The maximum absolute atomic E-state index is 12.4. The Balaban J connectivity index is 1.91. The first-order valence-electron chi connectivity index (χ1n) is 6.35. The smallest absolute Gasteiger partial charge is 0.410 e. The van der Waals surface area contributed by atoms with Gasteiger partial charge in [-0.05, 0) is 27.2 Å². The molecule has 2 aliphatic heterocycles. The minimum absolute atomic E-state index is 0.151. The average Bonchev–Trinajstić information content (AvgIpc) is 2.70. The monoisotopic (exact) mass is 280 g/mol. The van der Waals surface area contributed by atoms with E-state index in [1.165, 1.54) is 4.90 Å². The highest BCUT2D eigenvalue weighted by molar-refractivity contribution is 5.69. The Morgan fingerprint density at radius 1 is 1.21 bits per heavy atom. The molecule has 2 saturated heterocycles. The van der Waals surface area contributed by atoms with Crippen LogP contribution in [0.3, 0.4) is 0 Å². The van der Waals surface area contributed by atoms with Gasteiger partial charge in [-0.15, -0.1) is 0 Å². The number of hydrogen-bond donors (Lipinski definition) is 0. The normalized spacial score (nSPS) is 28.0. The quantitative estimate of drug-likeness (QED) is 0.738. The van der Waals surface area contributed by atoms with Gasteiger partial charge in [-0.3, -0.25) is 4.90 Å². The molecule has 0 aliphatic carbocycles. The average molecular weight is 280 g/mol. The molecule has 2 atom stereocenters. The molecule has 0 aromatic rings. The van der Waals surface area contributed by atoms with Crippen LogP contribution in [0.2, 0.25) is 0 Å². The molecule has 0 aromatic heterocycles. The number of rotatable bonds is 1. The van der Waals surface area contributed by atoms with E-state index in [4.69, 9.17) is 4.74 Å². The number of carbonyl (C=O) groups is 1. The summed E-state index contributed by atoms with van der Waals surface area (Å²) in [7, 11) is 0. The van der Waals surface area contributed by atoms with E-state index in [9.17, 15) is 18.0 Å². The van der Waals surface area contributed by atoms with E-state index in [0.29, 0.717) is 13.0 Å². The lowest BCUT2D eigenvalue weighted by Crippen LogP contribution is -2.51. The second-order valence-corrected chi connectivity index (χ2v) is 6.22. The maximum Gasteiger partial charge on any atom is 0.410 e. The van der Waals surface area contributed by atoms with Crippen LogP contribution in [0.1, 0.15) is 27.2 Å². The number of piperazine rings is 1. The number of hydrogen-bond acceptors (Lipinski definition) is 3. The lowest BCUT2D eigenvalue weighted by atomic mass is 10.2. The number of ether oxygens (including phenoxy) is 1. The van der Waals surface area contributed by atoms with Crippen molar-refractivity contribution in [3.8, 4) is 0 Å². The maximum atomic E-state index is 12.4. The van der Waals surface area contributed by atoms with E-state index < -0.39 is 24.4 Å². The van der Waals surface area contributed by atoms with Crippen molar-refractivity contribution in [1.82, 2.24) is 9.80 Å². The van der Waals surface area contributed by atoms with Crippen molar-refractivity contribution in [2.24, 2.45) is 0 Å². The SMILES string of the molecule is CC(C)(C)OC(=O)N1CC2CC1CN2CC(F)(F)F. The summed E-state index contributed by atoms with van der Waals surface area (Å²) in [5, 5.41) is 0. The Labute approximate surface area is 110 Å². The Kier molecular flexibility index (Phi) is 3.45. The predicted molar refractivity (Wildman–Crippen MR) is 62.8 cm³/mol. The first-order valence-corrected chi connectivity index (χ1v) is 6.35. The summed E-state index contributed by atoms with van der Waals surface area (Å²) in [6.45, 7) is 5.04. The summed E-state index contributed by atoms with van der Waals surface area (Å²) in [5.41, 5.74) is -0.579. The van der Waals surface area contributed by atoms with E-state index in [0.717, 1.165) is 0 Å². The Morgan fingerprint density at radius 3 is 2.26 bits per heavy atom. The van der Waals surface area contributed by atoms with Crippen LogP contribution in [0.25, 0.3) is 0 Å². The number of fused-ring (bicyclic) bond motifs is 2. The Hall–Kier alpha value is -0.980. The zero-order chi connectivity index (χ0) is 14.4. The van der Waals surface area contributed by atoms with Gasteiger partial charge < -0.3 is 9.64 Å². The highest BCUT2D eigenvalue weighted by Gasteiger charge is 2.49. The minimum atomic E-state index is -4.18. The Bertz CT molecular complexity index is 365. The third-order valence-corrected chi connectivity index (χ3v) is 3.36. The van der Waals surface area contributed by atoms with Crippen LogP contribution in [0.5, 0.6) is 0 Å². The molecule has 2 fully saturated rings. The fourth-order valence-electron chi connectivity index (χ4n) is 2.72. The molecule has 1 amide bonds. The molecule has 0 saturated carbocycles. The van der Waals surface area contributed by atoms with Crippen molar-refractivity contribution in [3.05, 3.63) is 0 Å². The molecule has 19 heavy (non-hydrogen) atoms. The third-order valence-electron chi connectivity index (χ3n) is 3.36. The molecular weight excluding hydrogens is 261 g/mol. The minimum Gasteiger partial charge on any atom is -0.444 e. The fraction of sp³-hybridized carbons (Fsp3) is 0.917. The van der Waals surface area contributed by atoms with Gasteiger partial charge in [-0.25, -0.2) is 4.79 Å². The van der Waals surface area contributed by atoms with E-state index in [-0.39, 0.29) is 18.6 Å². The number of likely N-dealkylation sites (tertiary alicyclic amines) is 2. The van der Waals surface area contributed by atoms with Crippen LogP contribution >= 0.6 is 0 Å². The number of alkyl halides is 3. The van der Waals surface area contributed by atoms with Crippen molar-refractivity contribution in [2.75, 3.05) is 19.6 Å². The van der Waals surface area contributed by atoms with E-state index in [2.05, 4.69) is 0 Å². The zero-order valence-corrected chi connectivity index (χ0v) is 11.3. The highest BCUT2D eigenvalue weighted by atomic mass is 19.4. The molecule has 7 heteroatoms. The lowest BCUT2D eigenvalue weighted by Gasteiger charge is -2.35. The second kappa shape index (κ2) is 4.54. The predicted octanol–water partition coefficient (Wildman–Crippen LogP) is 2.24. The largest absolute Gasteiger partial charge is 0.444 e. The number of nitrogens with zero attached hydrogens (tertiary/aromatic N) is 2. The number of carbonyl (C=O) groups excluding carboxylic acids is 1. The molecule has 0 radical (unpaired) electrons. The van der Waals surface area contributed by atoms with Crippen LogP contribution < -0.4 is 0 Å². The molecule has 0 aromatic carbocycles. The van der Waals surface area contributed by atoms with Crippen molar-refractivity contribution < 1.29 is 22.7 Å². The van der Waals surface area contributed by atoms with Crippen molar-refractivity contribution in [3.63, 3.8) is 0 Å². The van der Waals surface area contributed by atoms with Gasteiger partial charge in [-0.2, -0.15) is 13.2 Å². The molecule has 0 N–H and O–H groups in total. The van der Waals surface area contributed by atoms with E-state index in [1.807, 2.05) is 0 Å². The first-order chi connectivity index (χ1) is 8.55. The number of halogens is 3. The van der Waals surface area contributed by atoms with Gasteiger partial charge in [0.15, 0.2) is 0 Å². The molecule has 2 bridgehead atoms. The van der Waals surface area contributed by atoms with Gasteiger partial charge in [0, 0.05) is 25.2 Å². The van der Waals surface area contributed by atoms with Gasteiger partial charge in [0.1, 0.15) is 5.60 Å². The van der Waals surface area contributed by atoms with Crippen molar-refractivity contribution in [1.29, 1.82) is 0 Å². The summed E-state index contributed by atoms with van der Waals surface area (Å²) >= 11 is 0. The summed E-state index contributed by atoms with van der Waals surface area (Å²) in [5.74, 6) is 0. The van der Waals surface area contributed by atoms with Gasteiger partial charge in [0.05, 0.1) is 6.54 Å². The lowest BCUT2D eigenvalue weighted by molar-refractivity contribution is -0.150. The van der Waals surface area contributed by atoms with E-state index in [1.54, 1.807) is 25.7 Å². The van der Waals surface area contributed by atoms with Gasteiger partial charge in [0.2, 0.25) is 0 Å². The van der Waals surface area contributed by atoms with Gasteiger partial charge in [0.25, 0.3) is 0 Å². The molecule has 2 unspecified atom stereocenters. The van der Waals surface area contributed by atoms with Crippen LogP contribution in [0.4, 0.5) is 18.0 Å². The van der Waals surface area contributed by atoms with Crippen molar-refractivity contribution in [2.45, 2.75) is 51.1 Å². The summed E-state index contributed by atoms with van der Waals surface area (Å²) in [6, 6.07) is -0.346. The number of amides is 1. The fourth-order valence-corrected chi connectivity index (χ4v) is 2.72. The topological polar surface area (TPSA) is 32.8 Å². The second-order valence-electron chi connectivity index (χ2n) is 6.22. The molecule has 110 valence electrons. The van der Waals surface area contributed by atoms with Crippen molar-refractivity contribution >= 4 is 6.09 Å². The first kappa shape index (κ1) is 14.4. The summed E-state index contributed by atoms with van der Waals surface area (Å²) in [6.07, 6.45) is -4.00. The summed E-state index contributed by atoms with van der Waals surface area (Å²) < 4.78 is 42.3. The zero-order valence-electron chi connectivity index (χ0n) is 11.3. The standard InChI is InChI=1S/C12H19F3N2O2/c1-11(2,3)19-10(18)17-6-8-4-9(17)5-16(8)7-12(13,14)15/h8-9H,4-7H2,1-3H3. The van der Waals surface area contributed by atoms with Crippen LogP contribution in [0.15, 0.2) is 0 Å². The molecule has 0 spiro atoms. The van der Waals surface area contributed by atoms with Crippen LogP contribution in [-0.4, -0.2) is 59.4 Å². The molecule has 4 nitrogen and oxygen atoms in total. The molecule has 2 aliphatic rings. The molecular formula is C12H19F3N2O2. The van der Waals surface area contributed by atoms with Crippen LogP contribution in [0, 0.1) is 0 Å². The molecule has 2 heterocycles. The molecule has 2 rings (SSSR count). The highest BCUT2D eigenvalue weighted by Crippen LogP contribution is 2.33. The Morgan fingerprint density at radius 2 is 1.84 bits per heavy atom. The van der Waals surface area contributed by atoms with Gasteiger partial charge >= 0.3 is 12.3 Å². The summed E-state index contributed by atoms with van der Waals surface area (Å²) in [4.78, 5) is 14.9. The van der Waals surface area contributed by atoms with E-state index >= 15 is 0 Å². The van der Waals surface area contributed by atoms with Crippen LogP contribution in [-0.2, 0) is 4.74 Å². The third kappa shape index (κ3) is 3.52.